The van der Waals surface area contributed by atoms with Gasteiger partial charge in [0.05, 0.1) is 27.9 Å². The molecule has 0 saturated heterocycles. The number of thiazole rings is 1. The van der Waals surface area contributed by atoms with E-state index in [1.54, 1.807) is 4.57 Å². The van der Waals surface area contributed by atoms with Crippen molar-refractivity contribution >= 4 is 45.0 Å². The third-order valence-corrected chi connectivity index (χ3v) is 5.55. The Balaban J connectivity index is 2.25. The summed E-state index contributed by atoms with van der Waals surface area (Å²) in [5, 5.41) is -0.0172. The molecule has 0 aliphatic heterocycles. The molecule has 0 unspecified atom stereocenters. The van der Waals surface area contributed by atoms with E-state index in [-0.39, 0.29) is 21.9 Å². The smallest absolute Gasteiger partial charge is 0.325 e. The summed E-state index contributed by atoms with van der Waals surface area (Å²) in [6, 6.07) is 7.89. The minimum Gasteiger partial charge on any atom is -0.468 e. The minimum atomic E-state index is -0.808. The van der Waals surface area contributed by atoms with Gasteiger partial charge in [-0.3, -0.25) is 9.59 Å². The van der Waals surface area contributed by atoms with Gasteiger partial charge in [-0.1, -0.05) is 35.1 Å². The minimum absolute atomic E-state index is 0.0172. The summed E-state index contributed by atoms with van der Waals surface area (Å²) >= 11 is 7.21. The Kier molecular flexibility index (Phi) is 5.43. The van der Waals surface area contributed by atoms with Crippen molar-refractivity contribution in [1.29, 1.82) is 0 Å². The molecule has 0 atom stereocenters. The highest BCUT2D eigenvalue weighted by Gasteiger charge is 2.18. The molecule has 5 nitrogen and oxygen atoms in total. The second kappa shape index (κ2) is 7.62. The molecule has 0 saturated carbocycles. The van der Waals surface area contributed by atoms with Crippen LogP contribution in [0.25, 0.3) is 10.2 Å². The maximum atomic E-state index is 14.0. The van der Waals surface area contributed by atoms with Crippen molar-refractivity contribution < 1.29 is 18.7 Å². The summed E-state index contributed by atoms with van der Waals surface area (Å²) < 4.78 is 21.3. The lowest BCUT2D eigenvalue weighted by Gasteiger charge is -2.05. The van der Waals surface area contributed by atoms with Crippen molar-refractivity contribution in [2.24, 2.45) is 4.99 Å². The maximum absolute atomic E-state index is 14.0. The number of aromatic nitrogens is 1. The van der Waals surface area contributed by atoms with Crippen LogP contribution in [-0.4, -0.2) is 23.6 Å². The van der Waals surface area contributed by atoms with E-state index in [1.165, 1.54) is 30.6 Å². The van der Waals surface area contributed by atoms with E-state index in [4.69, 9.17) is 16.3 Å². The number of fused-ring (bicyclic) bond motifs is 1. The van der Waals surface area contributed by atoms with E-state index in [0.29, 0.717) is 0 Å². The molecule has 2 aromatic carbocycles. The number of carbonyl (C=O) groups excluding carboxylic acids is 2. The van der Waals surface area contributed by atoms with Crippen LogP contribution in [0.2, 0.25) is 5.02 Å². The molecule has 0 bridgehead atoms. The van der Waals surface area contributed by atoms with Crippen LogP contribution in [0.15, 0.2) is 35.3 Å². The highest BCUT2D eigenvalue weighted by molar-refractivity contribution is 7.16. The van der Waals surface area contributed by atoms with Crippen molar-refractivity contribution in [2.45, 2.75) is 20.4 Å². The van der Waals surface area contributed by atoms with Gasteiger partial charge in [-0.2, -0.15) is 4.99 Å². The van der Waals surface area contributed by atoms with Crippen molar-refractivity contribution in [3.63, 3.8) is 0 Å². The van der Waals surface area contributed by atoms with Gasteiger partial charge in [0.1, 0.15) is 12.4 Å². The van der Waals surface area contributed by atoms with Crippen LogP contribution in [0.3, 0.4) is 0 Å². The molecule has 140 valence electrons. The number of halogens is 2. The van der Waals surface area contributed by atoms with E-state index < -0.39 is 17.7 Å². The quantitative estimate of drug-likeness (QED) is 0.617. The fourth-order valence-corrected chi connectivity index (χ4v) is 4.11. The van der Waals surface area contributed by atoms with Crippen LogP contribution in [-0.2, 0) is 16.1 Å². The number of aryl methyl sites for hydroxylation is 2. The lowest BCUT2D eigenvalue weighted by molar-refractivity contribution is -0.141. The van der Waals surface area contributed by atoms with Crippen LogP contribution in [0.1, 0.15) is 21.5 Å². The first kappa shape index (κ1) is 19.3. The number of amides is 1. The number of benzene rings is 2. The standard InChI is InChI=1S/C19H16ClFN2O3S/c1-10-7-11(2)17-14(8-10)23(9-15(24)26-3)19(27-17)22-18(25)16-12(20)5-4-6-13(16)21/h4-8H,9H2,1-3H3. The molecule has 3 aromatic rings. The van der Waals surface area contributed by atoms with E-state index in [0.717, 1.165) is 27.4 Å². The number of hydrogen-bond acceptors (Lipinski definition) is 4. The second-order valence-electron chi connectivity index (χ2n) is 5.99. The zero-order valence-corrected chi connectivity index (χ0v) is 16.4. The van der Waals surface area contributed by atoms with E-state index in [9.17, 15) is 14.0 Å². The summed E-state index contributed by atoms with van der Waals surface area (Å²) in [6.45, 7) is 3.76. The molecular formula is C19H16ClFN2O3S. The summed E-state index contributed by atoms with van der Waals surface area (Å²) in [5.74, 6) is -2.03. The van der Waals surface area contributed by atoms with Gasteiger partial charge in [0, 0.05) is 0 Å². The highest BCUT2D eigenvalue weighted by atomic mass is 35.5. The fourth-order valence-electron chi connectivity index (χ4n) is 2.79. The molecule has 1 amide bonds. The molecule has 0 radical (unpaired) electrons. The van der Waals surface area contributed by atoms with Gasteiger partial charge in [0.15, 0.2) is 4.80 Å². The van der Waals surface area contributed by atoms with Gasteiger partial charge in [-0.25, -0.2) is 4.39 Å². The largest absolute Gasteiger partial charge is 0.468 e. The second-order valence-corrected chi connectivity index (χ2v) is 7.38. The SMILES string of the molecule is COC(=O)Cn1c(=NC(=O)c2c(F)cccc2Cl)sc2c(C)cc(C)cc21. The number of esters is 1. The Hall–Kier alpha value is -2.51. The van der Waals surface area contributed by atoms with Gasteiger partial charge in [-0.05, 0) is 43.2 Å². The fraction of sp³-hybridized carbons (Fsp3) is 0.211. The van der Waals surface area contributed by atoms with E-state index in [2.05, 4.69) is 4.99 Å². The maximum Gasteiger partial charge on any atom is 0.325 e. The molecule has 3 rings (SSSR count). The van der Waals surface area contributed by atoms with Crippen molar-refractivity contribution in [2.75, 3.05) is 7.11 Å². The summed E-state index contributed by atoms with van der Waals surface area (Å²) in [6.07, 6.45) is 0. The van der Waals surface area contributed by atoms with Gasteiger partial charge in [-0.15, -0.1) is 0 Å². The average Bonchev–Trinajstić information content (AvgIpc) is 2.92. The van der Waals surface area contributed by atoms with Crippen LogP contribution in [0.4, 0.5) is 4.39 Å². The molecule has 0 aliphatic rings. The molecule has 0 aliphatic carbocycles. The lowest BCUT2D eigenvalue weighted by atomic mass is 10.1. The Morgan fingerprint density at radius 1 is 1.30 bits per heavy atom. The average molecular weight is 407 g/mol. The first-order valence-electron chi connectivity index (χ1n) is 8.02. The van der Waals surface area contributed by atoms with Crippen LogP contribution in [0.5, 0.6) is 0 Å². The zero-order valence-electron chi connectivity index (χ0n) is 14.9. The third-order valence-electron chi connectivity index (χ3n) is 4.00. The third kappa shape index (κ3) is 3.79. The predicted molar refractivity (Wildman–Crippen MR) is 103 cm³/mol. The van der Waals surface area contributed by atoms with Crippen LogP contribution >= 0.6 is 22.9 Å². The van der Waals surface area contributed by atoms with Crippen LogP contribution in [0, 0.1) is 19.7 Å². The number of hydrogen-bond donors (Lipinski definition) is 0. The number of carbonyl (C=O) groups is 2. The molecule has 0 spiro atoms. The molecular weight excluding hydrogens is 391 g/mol. The summed E-state index contributed by atoms with van der Waals surface area (Å²) in [7, 11) is 1.29. The lowest BCUT2D eigenvalue weighted by Crippen LogP contribution is -2.22. The topological polar surface area (TPSA) is 60.7 Å². The first-order valence-corrected chi connectivity index (χ1v) is 9.21. The van der Waals surface area contributed by atoms with Crippen LogP contribution < -0.4 is 4.80 Å². The monoisotopic (exact) mass is 406 g/mol. The molecule has 1 heterocycles. The van der Waals surface area contributed by atoms with E-state index >= 15 is 0 Å². The van der Waals surface area contributed by atoms with Crippen molar-refractivity contribution in [1.82, 2.24) is 4.57 Å². The van der Waals surface area contributed by atoms with Gasteiger partial charge < -0.3 is 9.30 Å². The number of nitrogens with zero attached hydrogens (tertiary/aromatic N) is 2. The van der Waals surface area contributed by atoms with Crippen molar-refractivity contribution in [3.8, 4) is 0 Å². The Morgan fingerprint density at radius 2 is 2.04 bits per heavy atom. The highest BCUT2D eigenvalue weighted by Crippen LogP contribution is 2.24. The Labute approximate surface area is 163 Å². The number of methoxy groups -OCH3 is 1. The number of rotatable bonds is 3. The summed E-state index contributed by atoms with van der Waals surface area (Å²) in [4.78, 5) is 28.8. The zero-order chi connectivity index (χ0) is 19.7. The van der Waals surface area contributed by atoms with Gasteiger partial charge in [0.25, 0.3) is 5.91 Å². The molecule has 27 heavy (non-hydrogen) atoms. The summed E-state index contributed by atoms with van der Waals surface area (Å²) in [5.41, 5.74) is 2.46. The Morgan fingerprint density at radius 3 is 2.70 bits per heavy atom. The van der Waals surface area contributed by atoms with Crippen molar-refractivity contribution in [3.05, 3.63) is 62.7 Å². The molecule has 0 N–H and O–H groups in total. The predicted octanol–water partition coefficient (Wildman–Crippen LogP) is 4.03. The van der Waals surface area contributed by atoms with E-state index in [1.807, 2.05) is 26.0 Å². The normalized spacial score (nSPS) is 11.8. The van der Waals surface area contributed by atoms with Gasteiger partial charge >= 0.3 is 5.97 Å². The van der Waals surface area contributed by atoms with Gasteiger partial charge in [0.2, 0.25) is 0 Å². The molecule has 8 heteroatoms. The first-order chi connectivity index (χ1) is 12.8. The molecule has 1 aromatic heterocycles. The number of ether oxygens (including phenoxy) is 1. The Bertz CT molecular complexity index is 1110. The molecule has 0 fully saturated rings.